The van der Waals surface area contributed by atoms with Crippen LogP contribution in [0.15, 0.2) is 25.3 Å². The van der Waals surface area contributed by atoms with Gasteiger partial charge in [0, 0.05) is 6.54 Å². The van der Waals surface area contributed by atoms with Crippen molar-refractivity contribution in [2.75, 3.05) is 20.6 Å². The molecular weight excluding hydrogens is 224 g/mol. The largest absolute Gasteiger partial charge is 0.366 e. The van der Waals surface area contributed by atoms with Gasteiger partial charge in [-0.25, -0.2) is 0 Å². The molecule has 0 aromatic rings. The smallest absolute Gasteiger partial charge is 0.240 e. The molecule has 0 radical (unpaired) electrons. The Morgan fingerprint density at radius 2 is 1.56 bits per heavy atom. The molecule has 16 heavy (non-hydrogen) atoms. The van der Waals surface area contributed by atoms with Crippen LogP contribution in [0.4, 0.5) is 0 Å². The van der Waals surface area contributed by atoms with E-state index in [0.29, 0.717) is 0 Å². The molecule has 0 aromatic carbocycles. The summed E-state index contributed by atoms with van der Waals surface area (Å²) in [6.07, 6.45) is 5.57. The highest BCUT2D eigenvalue weighted by Crippen LogP contribution is 1.76. The van der Waals surface area contributed by atoms with Crippen LogP contribution in [-0.2, 0) is 4.79 Å². The third-order valence-corrected chi connectivity index (χ3v) is 1.20. The van der Waals surface area contributed by atoms with Crippen molar-refractivity contribution in [3.63, 3.8) is 0 Å². The van der Waals surface area contributed by atoms with Gasteiger partial charge in [-0.1, -0.05) is 39.3 Å². The Hall–Kier alpha value is -0.800. The van der Waals surface area contributed by atoms with E-state index in [4.69, 9.17) is 0 Å². The first-order chi connectivity index (χ1) is 6.95. The molecule has 1 amide bonds. The van der Waals surface area contributed by atoms with Gasteiger partial charge in [-0.15, -0.1) is 19.0 Å². The molecule has 0 aromatic heterocycles. The maximum Gasteiger partial charge on any atom is 0.240 e. The number of unbranched alkanes of at least 4 members (excludes halogenated alkanes) is 1. The Labute approximate surface area is 107 Å². The number of nitrogens with two attached hydrogens (primary N) is 1. The maximum absolute atomic E-state index is 9.47. The quantitative estimate of drug-likeness (QED) is 0.616. The fourth-order valence-corrected chi connectivity index (χ4v) is 0.258. The molecule has 0 aliphatic heterocycles. The summed E-state index contributed by atoms with van der Waals surface area (Å²) in [7, 11) is 4.03. The van der Waals surface area contributed by atoms with E-state index in [9.17, 15) is 4.79 Å². The average Bonchev–Trinajstić information content (AvgIpc) is 2.19. The first-order valence-corrected chi connectivity index (χ1v) is 5.13. The lowest BCUT2D eigenvalue weighted by atomic mass is 10.4. The second-order valence-corrected chi connectivity index (χ2v) is 3.16. The van der Waals surface area contributed by atoms with Crippen molar-refractivity contribution in [1.82, 2.24) is 4.90 Å². The summed E-state index contributed by atoms with van der Waals surface area (Å²) in [6, 6.07) is 0. The summed E-state index contributed by atoms with van der Waals surface area (Å²) in [5.74, 6) is -0.481. The number of amides is 1. The van der Waals surface area contributed by atoms with Gasteiger partial charge in [0.05, 0.1) is 0 Å². The van der Waals surface area contributed by atoms with Gasteiger partial charge in [0.2, 0.25) is 5.91 Å². The zero-order valence-corrected chi connectivity index (χ0v) is 11.8. The van der Waals surface area contributed by atoms with Gasteiger partial charge in [-0.3, -0.25) is 4.79 Å². The van der Waals surface area contributed by atoms with Gasteiger partial charge in [0.15, 0.2) is 0 Å². The van der Waals surface area contributed by atoms with E-state index >= 15 is 0 Å². The SMILES string of the molecule is C=CC(N)=O.C=CCN(C)C.CCCC.Cl. The number of primary amides is 1. The maximum atomic E-state index is 9.47. The Morgan fingerprint density at radius 3 is 1.56 bits per heavy atom. The number of hydrogen-bond donors (Lipinski definition) is 1. The molecule has 0 aliphatic carbocycles. The fraction of sp³-hybridized carbons (Fsp3) is 0.583. The minimum absolute atomic E-state index is 0. The van der Waals surface area contributed by atoms with Gasteiger partial charge in [0.1, 0.15) is 0 Å². The molecule has 0 saturated carbocycles. The van der Waals surface area contributed by atoms with Crippen LogP contribution in [0.5, 0.6) is 0 Å². The van der Waals surface area contributed by atoms with Crippen LogP contribution in [0.25, 0.3) is 0 Å². The molecule has 2 N–H and O–H groups in total. The molecule has 4 heteroatoms. The molecule has 0 saturated heterocycles. The monoisotopic (exact) mass is 250 g/mol. The predicted octanol–water partition coefficient (Wildman–Crippen LogP) is 2.62. The van der Waals surface area contributed by atoms with Crippen molar-refractivity contribution in [2.24, 2.45) is 5.73 Å². The third-order valence-electron chi connectivity index (χ3n) is 1.20. The molecule has 0 atom stereocenters. The second kappa shape index (κ2) is 23.8. The summed E-state index contributed by atoms with van der Waals surface area (Å²) in [6.45, 7) is 12.0. The van der Waals surface area contributed by atoms with Gasteiger partial charge in [-0.2, -0.15) is 0 Å². The van der Waals surface area contributed by atoms with Crippen LogP contribution in [-0.4, -0.2) is 31.4 Å². The molecule has 3 nitrogen and oxygen atoms in total. The lowest BCUT2D eigenvalue weighted by Gasteiger charge is -2.01. The highest BCUT2D eigenvalue weighted by Gasteiger charge is 1.75. The van der Waals surface area contributed by atoms with Gasteiger partial charge < -0.3 is 10.6 Å². The summed E-state index contributed by atoms with van der Waals surface area (Å²) in [5, 5.41) is 0. The highest BCUT2D eigenvalue weighted by atomic mass is 35.5. The molecule has 98 valence electrons. The van der Waals surface area contributed by atoms with Gasteiger partial charge in [-0.05, 0) is 20.2 Å². The number of carbonyl (C=O) groups is 1. The zero-order chi connectivity index (χ0) is 12.7. The Kier molecular flexibility index (Phi) is 36.3. The van der Waals surface area contributed by atoms with E-state index in [2.05, 4.69) is 37.6 Å². The Bertz CT molecular complexity index is 157. The average molecular weight is 251 g/mol. The van der Waals surface area contributed by atoms with Crippen LogP contribution in [0.2, 0.25) is 0 Å². The van der Waals surface area contributed by atoms with E-state index < -0.39 is 5.91 Å². The van der Waals surface area contributed by atoms with Gasteiger partial charge >= 0.3 is 0 Å². The number of halogens is 1. The van der Waals surface area contributed by atoms with Crippen LogP contribution in [0.3, 0.4) is 0 Å². The standard InChI is InChI=1S/C5H11N.C4H10.C3H5NO.ClH/c1-4-5-6(2)3;1-3-4-2;1-2-3(4)5;/h4H,1,5H2,2-3H3;3-4H2,1-2H3;2H,1H2,(H2,4,5);1H. The van der Waals surface area contributed by atoms with Crippen LogP contribution >= 0.6 is 12.4 Å². The Morgan fingerprint density at radius 1 is 1.25 bits per heavy atom. The number of likely N-dealkylation sites (N-methyl/N-ethyl adjacent to an activating group) is 1. The molecule has 0 aliphatic rings. The predicted molar refractivity (Wildman–Crippen MR) is 76.0 cm³/mol. The highest BCUT2D eigenvalue weighted by molar-refractivity contribution is 5.85. The van der Waals surface area contributed by atoms with Crippen LogP contribution in [0.1, 0.15) is 26.7 Å². The number of nitrogens with zero attached hydrogens (tertiary/aromatic N) is 1. The van der Waals surface area contributed by atoms with Crippen LogP contribution in [0, 0.1) is 0 Å². The van der Waals surface area contributed by atoms with Crippen LogP contribution < -0.4 is 5.73 Å². The van der Waals surface area contributed by atoms with Crippen molar-refractivity contribution in [2.45, 2.75) is 26.7 Å². The topological polar surface area (TPSA) is 46.3 Å². The third kappa shape index (κ3) is 72.7. The van der Waals surface area contributed by atoms with E-state index in [1.54, 1.807) is 0 Å². The summed E-state index contributed by atoms with van der Waals surface area (Å²) < 4.78 is 0. The minimum Gasteiger partial charge on any atom is -0.366 e. The second-order valence-electron chi connectivity index (χ2n) is 3.16. The molecule has 0 spiro atoms. The summed E-state index contributed by atoms with van der Waals surface area (Å²) >= 11 is 0. The molecular formula is C12H27ClN2O. The first kappa shape index (κ1) is 24.4. The zero-order valence-electron chi connectivity index (χ0n) is 11.0. The lowest BCUT2D eigenvalue weighted by Crippen LogP contribution is -2.09. The van der Waals surface area contributed by atoms with Crippen molar-refractivity contribution >= 4 is 18.3 Å². The van der Waals surface area contributed by atoms with Crippen molar-refractivity contribution < 1.29 is 4.79 Å². The first-order valence-electron chi connectivity index (χ1n) is 5.13. The normalized spacial score (nSPS) is 7.31. The summed E-state index contributed by atoms with van der Waals surface area (Å²) in [5.41, 5.74) is 4.53. The molecule has 0 unspecified atom stereocenters. The molecule has 0 rings (SSSR count). The minimum atomic E-state index is -0.481. The van der Waals surface area contributed by atoms with Crippen molar-refractivity contribution in [1.29, 1.82) is 0 Å². The number of hydrogen-bond acceptors (Lipinski definition) is 2. The summed E-state index contributed by atoms with van der Waals surface area (Å²) in [4.78, 5) is 11.5. The number of rotatable bonds is 4. The van der Waals surface area contributed by atoms with E-state index in [1.807, 2.05) is 20.2 Å². The number of carbonyl (C=O) groups excluding carboxylic acids is 1. The van der Waals surface area contributed by atoms with Crippen molar-refractivity contribution in [3.8, 4) is 0 Å². The van der Waals surface area contributed by atoms with E-state index in [1.165, 1.54) is 12.8 Å². The van der Waals surface area contributed by atoms with Crippen molar-refractivity contribution in [3.05, 3.63) is 25.3 Å². The van der Waals surface area contributed by atoms with E-state index in [-0.39, 0.29) is 12.4 Å². The molecule has 0 fully saturated rings. The fourth-order valence-electron chi connectivity index (χ4n) is 0.258. The molecule has 0 bridgehead atoms. The lowest BCUT2D eigenvalue weighted by molar-refractivity contribution is -0.113. The Balaban J connectivity index is -0.0000000668. The van der Waals surface area contributed by atoms with Gasteiger partial charge in [0.25, 0.3) is 0 Å². The molecule has 0 heterocycles. The van der Waals surface area contributed by atoms with E-state index in [0.717, 1.165) is 12.6 Å².